The van der Waals surface area contributed by atoms with Crippen LogP contribution in [0.3, 0.4) is 0 Å². The number of imidazole rings is 1. The molecule has 1 saturated heterocycles. The summed E-state index contributed by atoms with van der Waals surface area (Å²) < 4.78 is 1.93. The zero-order valence-electron chi connectivity index (χ0n) is 9.40. The molecule has 17 heavy (non-hydrogen) atoms. The van der Waals surface area contributed by atoms with Crippen LogP contribution in [0, 0.1) is 0 Å². The monoisotopic (exact) mass is 234 g/mol. The fourth-order valence-corrected chi connectivity index (χ4v) is 2.48. The molecule has 2 amide bonds. The minimum atomic E-state index is -0.276. The van der Waals surface area contributed by atoms with Gasteiger partial charge in [0, 0.05) is 31.6 Å². The van der Waals surface area contributed by atoms with Crippen molar-refractivity contribution in [1.82, 2.24) is 20.2 Å². The van der Waals surface area contributed by atoms with Crippen LogP contribution < -0.4 is 10.6 Å². The Labute approximate surface area is 98.4 Å². The van der Waals surface area contributed by atoms with Gasteiger partial charge in [-0.05, 0) is 6.42 Å². The first-order valence-corrected chi connectivity index (χ1v) is 5.84. The van der Waals surface area contributed by atoms with Crippen LogP contribution in [0.25, 0.3) is 0 Å². The predicted molar refractivity (Wildman–Crippen MR) is 59.1 cm³/mol. The van der Waals surface area contributed by atoms with Crippen molar-refractivity contribution in [3.8, 4) is 0 Å². The maximum absolute atomic E-state index is 11.8. The SMILES string of the molecule is O=C1CCC(n2cnc3c2CCNC3)C(=O)N1. The van der Waals surface area contributed by atoms with Gasteiger partial charge in [0.2, 0.25) is 11.8 Å². The third-order valence-electron chi connectivity index (χ3n) is 3.36. The fourth-order valence-electron chi connectivity index (χ4n) is 2.48. The molecule has 3 heterocycles. The Morgan fingerprint density at radius 3 is 3.06 bits per heavy atom. The number of imide groups is 1. The van der Waals surface area contributed by atoms with Gasteiger partial charge < -0.3 is 9.88 Å². The molecule has 3 rings (SSSR count). The summed E-state index contributed by atoms with van der Waals surface area (Å²) in [6, 6.07) is -0.276. The number of aromatic nitrogens is 2. The van der Waals surface area contributed by atoms with Crippen molar-refractivity contribution < 1.29 is 9.59 Å². The normalized spacial score (nSPS) is 24.4. The molecule has 6 heteroatoms. The maximum Gasteiger partial charge on any atom is 0.249 e. The van der Waals surface area contributed by atoms with E-state index in [-0.39, 0.29) is 17.9 Å². The Kier molecular flexibility index (Phi) is 2.44. The van der Waals surface area contributed by atoms with E-state index in [4.69, 9.17) is 0 Å². The van der Waals surface area contributed by atoms with Crippen molar-refractivity contribution in [2.45, 2.75) is 31.8 Å². The first-order chi connectivity index (χ1) is 8.25. The fraction of sp³-hybridized carbons (Fsp3) is 0.545. The van der Waals surface area contributed by atoms with Gasteiger partial charge in [-0.3, -0.25) is 14.9 Å². The molecule has 6 nitrogen and oxygen atoms in total. The summed E-state index contributed by atoms with van der Waals surface area (Å²) in [6.45, 7) is 1.67. The minimum absolute atomic E-state index is 0.179. The number of carbonyl (C=O) groups is 2. The molecule has 0 bridgehead atoms. The zero-order chi connectivity index (χ0) is 11.8. The molecular formula is C11H14N4O2. The van der Waals surface area contributed by atoms with Crippen molar-refractivity contribution in [3.05, 3.63) is 17.7 Å². The average molecular weight is 234 g/mol. The molecule has 90 valence electrons. The molecule has 0 radical (unpaired) electrons. The van der Waals surface area contributed by atoms with Crippen LogP contribution in [0.5, 0.6) is 0 Å². The Bertz CT molecular complexity index is 480. The van der Waals surface area contributed by atoms with Gasteiger partial charge in [0.1, 0.15) is 6.04 Å². The van der Waals surface area contributed by atoms with Gasteiger partial charge in [-0.1, -0.05) is 0 Å². The molecule has 0 saturated carbocycles. The second kappa shape index (κ2) is 3.96. The highest BCUT2D eigenvalue weighted by atomic mass is 16.2. The van der Waals surface area contributed by atoms with E-state index in [1.807, 2.05) is 4.57 Å². The van der Waals surface area contributed by atoms with Crippen molar-refractivity contribution in [2.75, 3.05) is 6.54 Å². The number of fused-ring (bicyclic) bond motifs is 1. The van der Waals surface area contributed by atoms with E-state index in [1.165, 1.54) is 0 Å². The van der Waals surface area contributed by atoms with Crippen LogP contribution in [0.1, 0.15) is 30.3 Å². The first kappa shape index (κ1) is 10.5. The molecule has 1 unspecified atom stereocenters. The molecule has 0 spiro atoms. The molecule has 0 aromatic carbocycles. The van der Waals surface area contributed by atoms with Crippen molar-refractivity contribution in [3.63, 3.8) is 0 Å². The van der Waals surface area contributed by atoms with Crippen LogP contribution in [-0.2, 0) is 22.6 Å². The quantitative estimate of drug-likeness (QED) is 0.643. The number of piperidine rings is 1. The summed E-state index contributed by atoms with van der Waals surface area (Å²) >= 11 is 0. The van der Waals surface area contributed by atoms with Crippen molar-refractivity contribution in [2.24, 2.45) is 0 Å². The minimum Gasteiger partial charge on any atom is -0.322 e. The number of nitrogens with one attached hydrogen (secondary N) is 2. The van der Waals surface area contributed by atoms with Gasteiger partial charge >= 0.3 is 0 Å². The highest BCUT2D eigenvalue weighted by Crippen LogP contribution is 2.23. The summed E-state index contributed by atoms with van der Waals surface area (Å²) in [5, 5.41) is 5.63. The van der Waals surface area contributed by atoms with Crippen LogP contribution in [-0.4, -0.2) is 27.9 Å². The van der Waals surface area contributed by atoms with E-state index in [1.54, 1.807) is 6.33 Å². The number of nitrogens with zero attached hydrogens (tertiary/aromatic N) is 2. The van der Waals surface area contributed by atoms with E-state index in [0.717, 1.165) is 30.9 Å². The molecule has 1 aromatic heterocycles. The molecule has 1 fully saturated rings. The van der Waals surface area contributed by atoms with Crippen LogP contribution in [0.15, 0.2) is 6.33 Å². The summed E-state index contributed by atoms with van der Waals surface area (Å²) in [5.41, 5.74) is 2.14. The second-order valence-electron chi connectivity index (χ2n) is 4.44. The van der Waals surface area contributed by atoms with Gasteiger partial charge in [-0.15, -0.1) is 0 Å². The summed E-state index contributed by atoms with van der Waals surface area (Å²) in [7, 11) is 0. The smallest absolute Gasteiger partial charge is 0.249 e. The Balaban J connectivity index is 1.91. The Morgan fingerprint density at radius 2 is 2.24 bits per heavy atom. The highest BCUT2D eigenvalue weighted by Gasteiger charge is 2.30. The number of rotatable bonds is 1. The molecule has 1 atom stereocenters. The lowest BCUT2D eigenvalue weighted by Gasteiger charge is -2.25. The van der Waals surface area contributed by atoms with E-state index >= 15 is 0 Å². The van der Waals surface area contributed by atoms with Crippen LogP contribution >= 0.6 is 0 Å². The molecule has 2 aliphatic heterocycles. The Hall–Kier alpha value is -1.69. The zero-order valence-corrected chi connectivity index (χ0v) is 9.40. The topological polar surface area (TPSA) is 76.0 Å². The molecule has 0 aliphatic carbocycles. The highest BCUT2D eigenvalue weighted by molar-refractivity contribution is 5.99. The van der Waals surface area contributed by atoms with Crippen LogP contribution in [0.2, 0.25) is 0 Å². The van der Waals surface area contributed by atoms with Gasteiger partial charge in [0.15, 0.2) is 0 Å². The Morgan fingerprint density at radius 1 is 1.35 bits per heavy atom. The molecule has 1 aromatic rings. The van der Waals surface area contributed by atoms with Gasteiger partial charge in [-0.2, -0.15) is 0 Å². The predicted octanol–water partition coefficient (Wildman–Crippen LogP) is -0.493. The number of hydrogen-bond acceptors (Lipinski definition) is 4. The van der Waals surface area contributed by atoms with E-state index < -0.39 is 0 Å². The largest absolute Gasteiger partial charge is 0.322 e. The third-order valence-corrected chi connectivity index (χ3v) is 3.36. The van der Waals surface area contributed by atoms with Gasteiger partial charge in [0.25, 0.3) is 0 Å². The van der Waals surface area contributed by atoms with E-state index in [2.05, 4.69) is 15.6 Å². The lowest BCUT2D eigenvalue weighted by molar-refractivity contribution is -0.135. The maximum atomic E-state index is 11.8. The van der Waals surface area contributed by atoms with E-state index in [0.29, 0.717) is 12.8 Å². The van der Waals surface area contributed by atoms with Crippen LogP contribution in [0.4, 0.5) is 0 Å². The average Bonchev–Trinajstić information content (AvgIpc) is 2.73. The third kappa shape index (κ3) is 1.74. The summed E-state index contributed by atoms with van der Waals surface area (Å²) in [4.78, 5) is 27.2. The lowest BCUT2D eigenvalue weighted by atomic mass is 10.0. The van der Waals surface area contributed by atoms with Crippen molar-refractivity contribution >= 4 is 11.8 Å². The molecule has 2 N–H and O–H groups in total. The molecule has 2 aliphatic rings. The molecular weight excluding hydrogens is 220 g/mol. The summed E-state index contributed by atoms with van der Waals surface area (Å²) in [5.74, 6) is -0.387. The number of carbonyl (C=O) groups excluding carboxylic acids is 2. The number of amides is 2. The lowest BCUT2D eigenvalue weighted by Crippen LogP contribution is -2.42. The van der Waals surface area contributed by atoms with Gasteiger partial charge in [-0.25, -0.2) is 4.98 Å². The first-order valence-electron chi connectivity index (χ1n) is 5.84. The number of hydrogen-bond donors (Lipinski definition) is 2. The standard InChI is InChI=1S/C11H14N4O2/c16-10-2-1-9(11(17)14-10)15-6-13-7-5-12-4-3-8(7)15/h6,9,12H,1-5H2,(H,14,16,17). The second-order valence-corrected chi connectivity index (χ2v) is 4.44. The van der Waals surface area contributed by atoms with Crippen molar-refractivity contribution in [1.29, 1.82) is 0 Å². The summed E-state index contributed by atoms with van der Waals surface area (Å²) in [6.07, 6.45) is 3.58. The van der Waals surface area contributed by atoms with E-state index in [9.17, 15) is 9.59 Å². The van der Waals surface area contributed by atoms with Gasteiger partial charge in [0.05, 0.1) is 12.0 Å².